The van der Waals surface area contributed by atoms with Crippen molar-refractivity contribution in [1.82, 2.24) is 4.57 Å². The molecular formula is C60H49N3. The molecule has 0 radical (unpaired) electrons. The molecule has 0 amide bonds. The van der Waals surface area contributed by atoms with Crippen LogP contribution in [0.2, 0.25) is 0 Å². The SMILES string of the molecule is C=C/C=C(\C=C(/C)c1ccccc1Nc1ccc(-c2ccccc2)cc1)c1ccc2c(c1)c1ccccc1n2-c1ccc(C(/C=C(\N)c2ccccc2)=C/Cc2ccccc2)cc1. The van der Waals surface area contributed by atoms with E-state index < -0.39 is 0 Å². The number of rotatable bonds is 13. The molecule has 63 heavy (non-hydrogen) atoms. The van der Waals surface area contributed by atoms with Gasteiger partial charge in [-0.05, 0) is 118 Å². The van der Waals surface area contributed by atoms with Crippen molar-refractivity contribution in [2.24, 2.45) is 5.73 Å². The fourth-order valence-electron chi connectivity index (χ4n) is 8.35. The number of anilines is 2. The highest BCUT2D eigenvalue weighted by molar-refractivity contribution is 6.10. The molecule has 0 spiro atoms. The summed E-state index contributed by atoms with van der Waals surface area (Å²) >= 11 is 0. The highest BCUT2D eigenvalue weighted by Gasteiger charge is 2.15. The zero-order valence-corrected chi connectivity index (χ0v) is 35.5. The van der Waals surface area contributed by atoms with Gasteiger partial charge in [0.05, 0.1) is 11.0 Å². The molecule has 1 heterocycles. The van der Waals surface area contributed by atoms with Crippen molar-refractivity contribution in [3.8, 4) is 16.8 Å². The number of hydrogen-bond acceptors (Lipinski definition) is 2. The van der Waals surface area contributed by atoms with Gasteiger partial charge in [-0.2, -0.15) is 0 Å². The molecule has 0 aliphatic heterocycles. The van der Waals surface area contributed by atoms with Gasteiger partial charge >= 0.3 is 0 Å². The Morgan fingerprint density at radius 3 is 1.92 bits per heavy atom. The fraction of sp³-hybridized carbons (Fsp3) is 0.0333. The largest absolute Gasteiger partial charge is 0.398 e. The lowest BCUT2D eigenvalue weighted by Gasteiger charge is -2.14. The van der Waals surface area contributed by atoms with Crippen LogP contribution in [0.25, 0.3) is 61.0 Å². The van der Waals surface area contributed by atoms with Crippen molar-refractivity contribution in [3.63, 3.8) is 0 Å². The Hall–Kier alpha value is -8.14. The number of allylic oxidation sites excluding steroid dienone is 8. The maximum absolute atomic E-state index is 6.70. The first-order chi connectivity index (χ1) is 31.0. The van der Waals surface area contributed by atoms with E-state index in [2.05, 4.69) is 230 Å². The molecule has 0 saturated heterocycles. The van der Waals surface area contributed by atoms with Crippen LogP contribution in [0, 0.1) is 0 Å². The molecule has 304 valence electrons. The van der Waals surface area contributed by atoms with Crippen LogP contribution < -0.4 is 11.1 Å². The number of aromatic nitrogens is 1. The summed E-state index contributed by atoms with van der Waals surface area (Å²) in [6.07, 6.45) is 11.4. The van der Waals surface area contributed by atoms with E-state index in [1.165, 1.54) is 27.5 Å². The Morgan fingerprint density at radius 2 is 1.17 bits per heavy atom. The first kappa shape index (κ1) is 40.3. The van der Waals surface area contributed by atoms with Gasteiger partial charge in [0.25, 0.3) is 0 Å². The maximum Gasteiger partial charge on any atom is 0.0541 e. The molecule has 9 aromatic rings. The molecule has 0 bridgehead atoms. The summed E-state index contributed by atoms with van der Waals surface area (Å²) in [5.74, 6) is 0. The summed E-state index contributed by atoms with van der Waals surface area (Å²) in [6, 6.07) is 72.6. The molecule has 0 atom stereocenters. The third-order valence-corrected chi connectivity index (χ3v) is 11.6. The van der Waals surface area contributed by atoms with E-state index in [4.69, 9.17) is 5.73 Å². The lowest BCUT2D eigenvalue weighted by molar-refractivity contribution is 1.18. The zero-order valence-electron chi connectivity index (χ0n) is 35.5. The summed E-state index contributed by atoms with van der Waals surface area (Å²) < 4.78 is 2.37. The normalized spacial score (nSPS) is 12.5. The van der Waals surface area contributed by atoms with Crippen molar-refractivity contribution in [1.29, 1.82) is 0 Å². The summed E-state index contributed by atoms with van der Waals surface area (Å²) in [5.41, 5.74) is 24.3. The van der Waals surface area contributed by atoms with Crippen LogP contribution >= 0.6 is 0 Å². The van der Waals surface area contributed by atoms with Crippen LogP contribution in [0.5, 0.6) is 0 Å². The first-order valence-electron chi connectivity index (χ1n) is 21.5. The van der Waals surface area contributed by atoms with E-state index in [-0.39, 0.29) is 0 Å². The van der Waals surface area contributed by atoms with E-state index in [1.807, 2.05) is 30.3 Å². The molecular weight excluding hydrogens is 763 g/mol. The quantitative estimate of drug-likeness (QED) is 0.114. The molecule has 3 N–H and O–H groups in total. The lowest BCUT2D eigenvalue weighted by Crippen LogP contribution is -1.98. The molecule has 1 aromatic heterocycles. The minimum atomic E-state index is 0.734. The standard InChI is InChI=1S/C60H49N3/c1-3-17-49(40-43(2)54-24-13-15-26-58(54)62-52-35-30-46(31-36-52)45-20-9-5-10-21-45)50-34-39-60-56(41-50)55-25-14-16-27-59(55)63(60)53-37-32-47(33-38-53)51(29-28-44-18-7-4-8-19-44)42-57(61)48-22-11-6-12-23-48/h3-27,29-42,62H,1,28,61H2,2H3/b43-40+,49-17+,51-29+,57-42-. The number of hydrogen-bond donors (Lipinski definition) is 2. The van der Waals surface area contributed by atoms with Gasteiger partial charge in [-0.25, -0.2) is 0 Å². The van der Waals surface area contributed by atoms with Crippen molar-refractivity contribution in [2.75, 3.05) is 5.32 Å². The van der Waals surface area contributed by atoms with Gasteiger partial charge in [-0.3, -0.25) is 0 Å². The van der Waals surface area contributed by atoms with Crippen LogP contribution in [0.3, 0.4) is 0 Å². The Labute approximate surface area is 370 Å². The second-order valence-corrected chi connectivity index (χ2v) is 15.7. The molecule has 3 nitrogen and oxygen atoms in total. The lowest BCUT2D eigenvalue weighted by atomic mass is 9.97. The highest BCUT2D eigenvalue weighted by Crippen LogP contribution is 2.36. The van der Waals surface area contributed by atoms with Crippen LogP contribution in [-0.4, -0.2) is 4.57 Å². The van der Waals surface area contributed by atoms with Gasteiger partial charge in [-0.1, -0.05) is 189 Å². The monoisotopic (exact) mass is 811 g/mol. The minimum absolute atomic E-state index is 0.734. The molecule has 0 saturated carbocycles. The molecule has 8 aromatic carbocycles. The first-order valence-corrected chi connectivity index (χ1v) is 21.5. The van der Waals surface area contributed by atoms with Gasteiger partial charge in [0.2, 0.25) is 0 Å². The number of nitrogens with one attached hydrogen (secondary N) is 1. The average molecular weight is 812 g/mol. The van der Waals surface area contributed by atoms with Gasteiger partial charge in [-0.15, -0.1) is 0 Å². The van der Waals surface area contributed by atoms with E-state index in [0.717, 1.165) is 79.2 Å². The smallest absolute Gasteiger partial charge is 0.0541 e. The highest BCUT2D eigenvalue weighted by atomic mass is 15.0. The van der Waals surface area contributed by atoms with Gasteiger partial charge in [0.15, 0.2) is 0 Å². The average Bonchev–Trinajstić information content (AvgIpc) is 3.67. The van der Waals surface area contributed by atoms with Crippen LogP contribution in [0.15, 0.2) is 243 Å². The van der Waals surface area contributed by atoms with Crippen molar-refractivity contribution in [2.45, 2.75) is 13.3 Å². The second kappa shape index (κ2) is 18.6. The minimum Gasteiger partial charge on any atom is -0.398 e. The molecule has 0 aliphatic rings. The third kappa shape index (κ3) is 9.00. The zero-order chi connectivity index (χ0) is 43.0. The van der Waals surface area contributed by atoms with E-state index in [1.54, 1.807) is 0 Å². The topological polar surface area (TPSA) is 43.0 Å². The van der Waals surface area contributed by atoms with Gasteiger partial charge in [0.1, 0.15) is 0 Å². The predicted molar refractivity (Wildman–Crippen MR) is 271 cm³/mol. The predicted octanol–water partition coefficient (Wildman–Crippen LogP) is 15.5. The summed E-state index contributed by atoms with van der Waals surface area (Å²) in [5, 5.41) is 6.07. The maximum atomic E-state index is 6.70. The van der Waals surface area contributed by atoms with E-state index in [9.17, 15) is 0 Å². The fourth-order valence-corrected chi connectivity index (χ4v) is 8.35. The Morgan fingerprint density at radius 1 is 0.556 bits per heavy atom. The van der Waals surface area contributed by atoms with Crippen molar-refractivity contribution < 1.29 is 0 Å². The summed E-state index contributed by atoms with van der Waals surface area (Å²) in [6.45, 7) is 6.28. The number of nitrogens with zero attached hydrogens (tertiary/aromatic N) is 1. The molecule has 0 aliphatic carbocycles. The molecule has 0 fully saturated rings. The number of para-hydroxylation sites is 2. The molecule has 3 heteroatoms. The molecule has 0 unspecified atom stereocenters. The summed E-state index contributed by atoms with van der Waals surface area (Å²) in [4.78, 5) is 0. The Bertz CT molecular complexity index is 3150. The summed E-state index contributed by atoms with van der Waals surface area (Å²) in [7, 11) is 0. The Balaban J connectivity index is 1.03. The third-order valence-electron chi connectivity index (χ3n) is 11.6. The number of nitrogens with two attached hydrogens (primary N) is 1. The molecule has 9 rings (SSSR count). The van der Waals surface area contributed by atoms with Crippen LogP contribution in [0.4, 0.5) is 11.4 Å². The van der Waals surface area contributed by atoms with E-state index >= 15 is 0 Å². The van der Waals surface area contributed by atoms with Crippen molar-refractivity contribution in [3.05, 3.63) is 271 Å². The second-order valence-electron chi connectivity index (χ2n) is 15.7. The van der Waals surface area contributed by atoms with Crippen LogP contribution in [-0.2, 0) is 6.42 Å². The van der Waals surface area contributed by atoms with Crippen molar-refractivity contribution >= 4 is 55.6 Å². The number of benzene rings is 8. The number of fused-ring (bicyclic) bond motifs is 3. The van der Waals surface area contributed by atoms with E-state index in [0.29, 0.717) is 0 Å². The van der Waals surface area contributed by atoms with Gasteiger partial charge < -0.3 is 15.6 Å². The van der Waals surface area contributed by atoms with Gasteiger partial charge in [0, 0.05) is 39.1 Å². The van der Waals surface area contributed by atoms with Crippen LogP contribution in [0.1, 0.15) is 34.7 Å². The Kier molecular flexibility index (Phi) is 11.9.